The summed E-state index contributed by atoms with van der Waals surface area (Å²) < 4.78 is 59.8. The van der Waals surface area contributed by atoms with Gasteiger partial charge in [0.25, 0.3) is 0 Å². The molecule has 0 radical (unpaired) electrons. The van der Waals surface area contributed by atoms with Crippen molar-refractivity contribution in [1.29, 1.82) is 0 Å². The van der Waals surface area contributed by atoms with Crippen molar-refractivity contribution in [2.75, 3.05) is 45.2 Å². The molecule has 0 aliphatic carbocycles. The molecule has 4 rings (SSSR count). The van der Waals surface area contributed by atoms with Crippen LogP contribution in [0.4, 0.5) is 23.2 Å². The van der Waals surface area contributed by atoms with Gasteiger partial charge in [-0.2, -0.15) is 0 Å². The molecule has 1 aliphatic rings. The number of rotatable bonds is 10. The molecule has 3 aromatic rings. The number of aromatic nitrogens is 1. The molecule has 5 nitrogen and oxygen atoms in total. The van der Waals surface area contributed by atoms with Crippen LogP contribution in [0.1, 0.15) is 31.2 Å². The van der Waals surface area contributed by atoms with Gasteiger partial charge in [-0.1, -0.05) is 0 Å². The third-order valence-corrected chi connectivity index (χ3v) is 7.26. The van der Waals surface area contributed by atoms with Crippen LogP contribution in [-0.4, -0.2) is 54.9 Å². The van der Waals surface area contributed by atoms with Crippen LogP contribution in [0.2, 0.25) is 0 Å². The van der Waals surface area contributed by atoms with E-state index in [1.807, 2.05) is 12.1 Å². The Bertz CT molecular complexity index is 1180. The number of pyridine rings is 1. The molecule has 2 heterocycles. The number of hydrogen-bond donors (Lipinski definition) is 2. The number of nitrogens with zero attached hydrogens (tertiary/aromatic N) is 2. The topological polar surface area (TPSA) is 57.6 Å². The highest BCUT2D eigenvalue weighted by atomic mass is 19.2. The first-order valence-electron chi connectivity index (χ1n) is 12.2. The Labute approximate surface area is 208 Å². The summed E-state index contributed by atoms with van der Waals surface area (Å²) in [5.41, 5.74) is 1.31. The monoisotopic (exact) mass is 505 g/mol. The van der Waals surface area contributed by atoms with Crippen molar-refractivity contribution in [1.82, 2.24) is 9.88 Å². The van der Waals surface area contributed by atoms with Gasteiger partial charge in [-0.05, 0) is 74.4 Å². The highest BCUT2D eigenvalue weighted by Crippen LogP contribution is 2.37. The second-order valence-electron chi connectivity index (χ2n) is 9.50. The van der Waals surface area contributed by atoms with Crippen molar-refractivity contribution < 1.29 is 27.4 Å². The number of nitrogens with one attached hydrogen (secondary N) is 1. The van der Waals surface area contributed by atoms with Gasteiger partial charge in [0.2, 0.25) is 0 Å². The standard InChI is InChI=1S/C27H31F4N3O2/c1-36-19-4-5-25-21(15-19)20(24(30)16-33-25)3-2-6-27(17-35)7-10-34(11-8-27)12-9-32-18-13-22(28)26(31)23(29)14-18/h4-5,13-16,32,35H,2-3,6-12,17H2,1H3. The van der Waals surface area contributed by atoms with Crippen LogP contribution >= 0.6 is 0 Å². The van der Waals surface area contributed by atoms with E-state index >= 15 is 0 Å². The van der Waals surface area contributed by atoms with Crippen molar-refractivity contribution in [3.8, 4) is 5.75 Å². The van der Waals surface area contributed by atoms with Gasteiger partial charge in [-0.25, -0.2) is 17.6 Å². The van der Waals surface area contributed by atoms with Crippen LogP contribution < -0.4 is 10.1 Å². The number of aliphatic hydroxyl groups excluding tert-OH is 1. The number of ether oxygens (including phenoxy) is 1. The fourth-order valence-corrected chi connectivity index (χ4v) is 4.98. The van der Waals surface area contributed by atoms with E-state index in [-0.39, 0.29) is 23.5 Å². The number of piperidine rings is 1. The zero-order valence-electron chi connectivity index (χ0n) is 20.3. The van der Waals surface area contributed by atoms with Gasteiger partial charge in [-0.15, -0.1) is 0 Å². The third kappa shape index (κ3) is 5.90. The molecule has 1 aliphatic heterocycles. The number of benzene rings is 2. The zero-order valence-corrected chi connectivity index (χ0v) is 20.3. The van der Waals surface area contributed by atoms with Gasteiger partial charge >= 0.3 is 0 Å². The Hall–Kier alpha value is -2.91. The molecule has 0 unspecified atom stereocenters. The molecule has 9 heteroatoms. The molecular formula is C27H31F4N3O2. The van der Waals surface area contributed by atoms with Crippen molar-refractivity contribution in [3.05, 3.63) is 65.4 Å². The maximum absolute atomic E-state index is 14.6. The molecule has 0 saturated carbocycles. The second-order valence-corrected chi connectivity index (χ2v) is 9.50. The van der Waals surface area contributed by atoms with E-state index in [2.05, 4.69) is 15.2 Å². The summed E-state index contributed by atoms with van der Waals surface area (Å²) in [7, 11) is 1.57. The van der Waals surface area contributed by atoms with Crippen LogP contribution in [0.25, 0.3) is 10.9 Å². The molecular weight excluding hydrogens is 474 g/mol. The average molecular weight is 506 g/mol. The third-order valence-electron chi connectivity index (χ3n) is 7.26. The van der Waals surface area contributed by atoms with Crippen molar-refractivity contribution in [2.45, 2.75) is 32.1 Å². The molecule has 194 valence electrons. The molecule has 2 aromatic carbocycles. The number of hydrogen-bond acceptors (Lipinski definition) is 5. The van der Waals surface area contributed by atoms with Gasteiger partial charge < -0.3 is 20.1 Å². The Morgan fingerprint density at radius 3 is 2.44 bits per heavy atom. The smallest absolute Gasteiger partial charge is 0.194 e. The number of halogens is 4. The first-order chi connectivity index (χ1) is 17.3. The Morgan fingerprint density at radius 1 is 1.06 bits per heavy atom. The average Bonchev–Trinajstić information content (AvgIpc) is 2.89. The van der Waals surface area contributed by atoms with Crippen LogP contribution in [0.3, 0.4) is 0 Å². The Morgan fingerprint density at radius 2 is 1.78 bits per heavy atom. The second kappa shape index (κ2) is 11.4. The first kappa shape index (κ1) is 26.2. The Balaban J connectivity index is 1.29. The largest absolute Gasteiger partial charge is 0.497 e. The number of likely N-dealkylation sites (tertiary alicyclic amines) is 1. The molecule has 1 fully saturated rings. The first-order valence-corrected chi connectivity index (χ1v) is 12.2. The molecule has 1 aromatic heterocycles. The number of methoxy groups -OCH3 is 1. The summed E-state index contributed by atoms with van der Waals surface area (Å²) >= 11 is 0. The van der Waals surface area contributed by atoms with E-state index in [0.717, 1.165) is 61.8 Å². The molecule has 0 bridgehead atoms. The van der Waals surface area contributed by atoms with Crippen LogP contribution in [0.5, 0.6) is 5.75 Å². The Kier molecular flexibility index (Phi) is 8.31. The van der Waals surface area contributed by atoms with E-state index in [1.165, 1.54) is 6.20 Å². The summed E-state index contributed by atoms with van der Waals surface area (Å²) in [5.74, 6) is -3.60. The van der Waals surface area contributed by atoms with E-state index < -0.39 is 17.5 Å². The van der Waals surface area contributed by atoms with Gasteiger partial charge in [0.15, 0.2) is 17.5 Å². The molecule has 2 N–H and O–H groups in total. The van der Waals surface area contributed by atoms with E-state index in [0.29, 0.717) is 30.8 Å². The van der Waals surface area contributed by atoms with Crippen LogP contribution in [0, 0.1) is 28.7 Å². The summed E-state index contributed by atoms with van der Waals surface area (Å²) in [5, 5.41) is 13.9. The zero-order chi connectivity index (χ0) is 25.7. The summed E-state index contributed by atoms with van der Waals surface area (Å²) in [6.45, 7) is 2.73. The SMILES string of the molecule is COc1ccc2ncc(F)c(CCCC3(CO)CCN(CCNc4cc(F)c(F)c(F)c4)CC3)c2c1. The highest BCUT2D eigenvalue weighted by molar-refractivity contribution is 5.83. The van der Waals surface area contributed by atoms with Crippen molar-refractivity contribution in [2.24, 2.45) is 5.41 Å². The van der Waals surface area contributed by atoms with Crippen molar-refractivity contribution >= 4 is 16.6 Å². The molecule has 0 amide bonds. The predicted molar refractivity (Wildman–Crippen MR) is 131 cm³/mol. The number of aryl methyl sites for hydroxylation is 1. The lowest BCUT2D eigenvalue weighted by molar-refractivity contribution is 0.0370. The summed E-state index contributed by atoms with van der Waals surface area (Å²) in [6, 6.07) is 7.31. The molecule has 36 heavy (non-hydrogen) atoms. The minimum atomic E-state index is -1.48. The fourth-order valence-electron chi connectivity index (χ4n) is 4.98. The predicted octanol–water partition coefficient (Wildman–Crippen LogP) is 5.31. The maximum atomic E-state index is 14.6. The summed E-state index contributed by atoms with van der Waals surface area (Å²) in [4.78, 5) is 6.40. The normalized spacial score (nSPS) is 15.8. The maximum Gasteiger partial charge on any atom is 0.194 e. The lowest BCUT2D eigenvalue weighted by Gasteiger charge is -2.41. The number of fused-ring (bicyclic) bond motifs is 1. The van der Waals surface area contributed by atoms with Crippen molar-refractivity contribution in [3.63, 3.8) is 0 Å². The summed E-state index contributed by atoms with van der Waals surface area (Å²) in [6.07, 6.45) is 4.91. The van der Waals surface area contributed by atoms with E-state index in [4.69, 9.17) is 4.74 Å². The molecule has 1 saturated heterocycles. The van der Waals surface area contributed by atoms with Gasteiger partial charge in [0.05, 0.1) is 18.8 Å². The lowest BCUT2D eigenvalue weighted by Crippen LogP contribution is -2.43. The number of aliphatic hydroxyl groups is 1. The number of anilines is 1. The van der Waals surface area contributed by atoms with Gasteiger partial charge in [0, 0.05) is 42.9 Å². The van der Waals surface area contributed by atoms with E-state index in [9.17, 15) is 22.7 Å². The quantitative estimate of drug-likeness (QED) is 0.289. The van der Waals surface area contributed by atoms with Gasteiger partial charge in [0.1, 0.15) is 11.6 Å². The molecule has 0 atom stereocenters. The minimum Gasteiger partial charge on any atom is -0.497 e. The lowest BCUT2D eigenvalue weighted by atomic mass is 9.75. The molecule has 0 spiro atoms. The fraction of sp³-hybridized carbons (Fsp3) is 0.444. The van der Waals surface area contributed by atoms with Gasteiger partial charge in [-0.3, -0.25) is 4.98 Å². The van der Waals surface area contributed by atoms with Crippen LogP contribution in [-0.2, 0) is 6.42 Å². The van der Waals surface area contributed by atoms with E-state index in [1.54, 1.807) is 13.2 Å². The van der Waals surface area contributed by atoms with Crippen LogP contribution in [0.15, 0.2) is 36.5 Å². The highest BCUT2D eigenvalue weighted by Gasteiger charge is 2.33. The minimum absolute atomic E-state index is 0.0701.